The number of hydrogen-bond acceptors (Lipinski definition) is 5. The Kier molecular flexibility index (Phi) is 2.72. The maximum Gasteiger partial charge on any atom is 0.134 e. The quantitative estimate of drug-likeness (QED) is 0.793. The van der Waals surface area contributed by atoms with E-state index in [-0.39, 0.29) is 0 Å². The Morgan fingerprint density at radius 1 is 1.44 bits per heavy atom. The van der Waals surface area contributed by atoms with Crippen molar-refractivity contribution in [3.05, 3.63) is 29.8 Å². The topological polar surface area (TPSA) is 81.7 Å². The van der Waals surface area contributed by atoms with Crippen LogP contribution in [0.3, 0.4) is 0 Å². The highest BCUT2D eigenvalue weighted by Crippen LogP contribution is 2.15. The Labute approximate surface area is 93.5 Å². The number of nitrogens with two attached hydrogens (primary N) is 1. The standard InChI is InChI=1S/C10H14N6/c1-7-9(11)13-6-14-10(7)12-3-8-4-15-16(2)5-8/h4-6H,3H2,1-2H3,(H3,11,12,13,14). The molecule has 0 aliphatic carbocycles. The number of rotatable bonds is 3. The average molecular weight is 218 g/mol. The summed E-state index contributed by atoms with van der Waals surface area (Å²) in [5.41, 5.74) is 7.65. The van der Waals surface area contributed by atoms with Crippen LogP contribution in [0.4, 0.5) is 11.6 Å². The zero-order chi connectivity index (χ0) is 11.5. The van der Waals surface area contributed by atoms with Gasteiger partial charge in [-0.1, -0.05) is 0 Å². The number of aryl methyl sites for hydroxylation is 1. The minimum atomic E-state index is 0.503. The molecule has 2 aromatic rings. The predicted octanol–water partition coefficient (Wildman–Crippen LogP) is 0.713. The fourth-order valence-electron chi connectivity index (χ4n) is 1.39. The molecule has 0 bridgehead atoms. The molecule has 0 saturated heterocycles. The molecule has 0 unspecified atom stereocenters. The lowest BCUT2D eigenvalue weighted by molar-refractivity contribution is 0.767. The van der Waals surface area contributed by atoms with Crippen LogP contribution in [-0.2, 0) is 13.6 Å². The molecule has 0 aliphatic heterocycles. The van der Waals surface area contributed by atoms with Gasteiger partial charge in [-0.2, -0.15) is 5.10 Å². The molecular formula is C10H14N6. The summed E-state index contributed by atoms with van der Waals surface area (Å²) < 4.78 is 1.76. The molecular weight excluding hydrogens is 204 g/mol. The monoisotopic (exact) mass is 218 g/mol. The van der Waals surface area contributed by atoms with Gasteiger partial charge < -0.3 is 11.1 Å². The summed E-state index contributed by atoms with van der Waals surface area (Å²) in [6.07, 6.45) is 5.22. The van der Waals surface area contributed by atoms with E-state index in [9.17, 15) is 0 Å². The molecule has 0 aromatic carbocycles. The molecule has 6 nitrogen and oxygen atoms in total. The van der Waals surface area contributed by atoms with Crippen LogP contribution in [0.5, 0.6) is 0 Å². The van der Waals surface area contributed by atoms with Crippen LogP contribution in [-0.4, -0.2) is 19.7 Å². The number of aromatic nitrogens is 4. The summed E-state index contributed by atoms with van der Waals surface area (Å²) in [5, 5.41) is 7.29. The Hall–Kier alpha value is -2.11. The fourth-order valence-corrected chi connectivity index (χ4v) is 1.39. The van der Waals surface area contributed by atoms with Gasteiger partial charge in [0.15, 0.2) is 0 Å². The van der Waals surface area contributed by atoms with Gasteiger partial charge in [-0.25, -0.2) is 9.97 Å². The molecule has 6 heteroatoms. The van der Waals surface area contributed by atoms with E-state index in [1.54, 1.807) is 4.68 Å². The number of anilines is 2. The number of nitrogens with zero attached hydrogens (tertiary/aromatic N) is 4. The van der Waals surface area contributed by atoms with Gasteiger partial charge in [-0.3, -0.25) is 4.68 Å². The maximum absolute atomic E-state index is 5.69. The van der Waals surface area contributed by atoms with Crippen molar-refractivity contribution in [2.24, 2.45) is 7.05 Å². The fraction of sp³-hybridized carbons (Fsp3) is 0.300. The van der Waals surface area contributed by atoms with Crippen LogP contribution in [0, 0.1) is 6.92 Å². The van der Waals surface area contributed by atoms with E-state index in [0.29, 0.717) is 12.4 Å². The van der Waals surface area contributed by atoms with Crippen molar-refractivity contribution in [2.75, 3.05) is 11.1 Å². The van der Waals surface area contributed by atoms with Gasteiger partial charge >= 0.3 is 0 Å². The second kappa shape index (κ2) is 4.18. The third-order valence-electron chi connectivity index (χ3n) is 2.34. The highest BCUT2D eigenvalue weighted by Gasteiger charge is 2.03. The van der Waals surface area contributed by atoms with E-state index in [0.717, 1.165) is 16.9 Å². The molecule has 0 aliphatic rings. The van der Waals surface area contributed by atoms with Gasteiger partial charge in [-0.15, -0.1) is 0 Å². The first-order valence-corrected chi connectivity index (χ1v) is 4.95. The summed E-state index contributed by atoms with van der Waals surface area (Å²) in [6, 6.07) is 0. The first kappa shape index (κ1) is 10.4. The first-order chi connectivity index (χ1) is 7.66. The summed E-state index contributed by atoms with van der Waals surface area (Å²) in [6.45, 7) is 2.56. The Balaban J connectivity index is 2.07. The van der Waals surface area contributed by atoms with E-state index in [4.69, 9.17) is 5.73 Å². The van der Waals surface area contributed by atoms with E-state index in [2.05, 4.69) is 20.4 Å². The Morgan fingerprint density at radius 3 is 2.94 bits per heavy atom. The van der Waals surface area contributed by atoms with Crippen molar-refractivity contribution in [3.63, 3.8) is 0 Å². The van der Waals surface area contributed by atoms with Gasteiger partial charge in [0.25, 0.3) is 0 Å². The zero-order valence-corrected chi connectivity index (χ0v) is 9.31. The van der Waals surface area contributed by atoms with E-state index in [1.165, 1.54) is 6.33 Å². The molecule has 84 valence electrons. The van der Waals surface area contributed by atoms with E-state index >= 15 is 0 Å². The molecule has 0 saturated carbocycles. The third-order valence-corrected chi connectivity index (χ3v) is 2.34. The van der Waals surface area contributed by atoms with Gasteiger partial charge in [0.1, 0.15) is 18.0 Å². The third kappa shape index (κ3) is 2.10. The summed E-state index contributed by atoms with van der Waals surface area (Å²) in [4.78, 5) is 8.04. The largest absolute Gasteiger partial charge is 0.383 e. The normalized spacial score (nSPS) is 10.4. The predicted molar refractivity (Wildman–Crippen MR) is 61.7 cm³/mol. The van der Waals surface area contributed by atoms with Crippen LogP contribution in [0.2, 0.25) is 0 Å². The molecule has 2 aromatic heterocycles. The number of hydrogen-bond donors (Lipinski definition) is 2. The second-order valence-electron chi connectivity index (χ2n) is 3.61. The lowest BCUT2D eigenvalue weighted by atomic mass is 10.3. The lowest BCUT2D eigenvalue weighted by Crippen LogP contribution is -2.05. The highest BCUT2D eigenvalue weighted by atomic mass is 15.2. The number of nitrogens with one attached hydrogen (secondary N) is 1. The van der Waals surface area contributed by atoms with Crippen LogP contribution < -0.4 is 11.1 Å². The van der Waals surface area contributed by atoms with E-state index in [1.807, 2.05) is 26.4 Å². The molecule has 2 rings (SSSR count). The summed E-state index contributed by atoms with van der Waals surface area (Å²) in [5.74, 6) is 1.26. The highest BCUT2D eigenvalue weighted by molar-refractivity contribution is 5.53. The van der Waals surface area contributed by atoms with Crippen molar-refractivity contribution in [2.45, 2.75) is 13.5 Å². The molecule has 0 fully saturated rings. The maximum atomic E-state index is 5.69. The van der Waals surface area contributed by atoms with Crippen LogP contribution in [0.25, 0.3) is 0 Å². The van der Waals surface area contributed by atoms with Crippen LogP contribution >= 0.6 is 0 Å². The summed E-state index contributed by atoms with van der Waals surface area (Å²) >= 11 is 0. The van der Waals surface area contributed by atoms with E-state index < -0.39 is 0 Å². The average Bonchev–Trinajstić information content (AvgIpc) is 2.67. The molecule has 0 amide bonds. The SMILES string of the molecule is Cc1c(N)ncnc1NCc1cnn(C)c1. The Morgan fingerprint density at radius 2 is 2.25 bits per heavy atom. The summed E-state index contributed by atoms with van der Waals surface area (Å²) in [7, 11) is 1.89. The zero-order valence-electron chi connectivity index (χ0n) is 9.31. The lowest BCUT2D eigenvalue weighted by Gasteiger charge is -2.07. The van der Waals surface area contributed by atoms with Gasteiger partial charge in [0.05, 0.1) is 6.20 Å². The number of nitrogen functional groups attached to an aromatic ring is 1. The van der Waals surface area contributed by atoms with Crippen molar-refractivity contribution < 1.29 is 0 Å². The van der Waals surface area contributed by atoms with Crippen molar-refractivity contribution in [1.82, 2.24) is 19.7 Å². The van der Waals surface area contributed by atoms with Gasteiger partial charge in [0, 0.05) is 30.9 Å². The van der Waals surface area contributed by atoms with Gasteiger partial charge in [-0.05, 0) is 6.92 Å². The van der Waals surface area contributed by atoms with Crippen LogP contribution in [0.1, 0.15) is 11.1 Å². The molecule has 0 spiro atoms. The van der Waals surface area contributed by atoms with Crippen LogP contribution in [0.15, 0.2) is 18.7 Å². The molecule has 16 heavy (non-hydrogen) atoms. The minimum Gasteiger partial charge on any atom is -0.383 e. The first-order valence-electron chi connectivity index (χ1n) is 4.95. The molecule has 3 N–H and O–H groups in total. The smallest absolute Gasteiger partial charge is 0.134 e. The second-order valence-corrected chi connectivity index (χ2v) is 3.61. The van der Waals surface area contributed by atoms with Crippen molar-refractivity contribution in [1.29, 1.82) is 0 Å². The Bertz CT molecular complexity index is 490. The van der Waals surface area contributed by atoms with Crippen molar-refractivity contribution >= 4 is 11.6 Å². The molecule has 0 radical (unpaired) electrons. The molecule has 2 heterocycles. The molecule has 0 atom stereocenters. The van der Waals surface area contributed by atoms with Gasteiger partial charge in [0.2, 0.25) is 0 Å². The minimum absolute atomic E-state index is 0.503. The van der Waals surface area contributed by atoms with Crippen molar-refractivity contribution in [3.8, 4) is 0 Å².